The normalized spacial score (nSPS) is 23.6. The minimum atomic E-state index is -4.46. The van der Waals surface area contributed by atoms with Crippen LogP contribution in [0.4, 0.5) is 25.1 Å². The lowest BCUT2D eigenvalue weighted by Crippen LogP contribution is -2.62. The van der Waals surface area contributed by atoms with Crippen LogP contribution >= 0.6 is 0 Å². The third-order valence-corrected chi connectivity index (χ3v) is 4.72. The summed E-state index contributed by atoms with van der Waals surface area (Å²) in [6, 6.07) is 2.65. The van der Waals surface area contributed by atoms with Crippen molar-refractivity contribution in [1.82, 2.24) is 19.9 Å². The molecule has 4 heterocycles. The Balaban J connectivity index is 1.55. The monoisotopic (exact) mass is 336 g/mol. The summed E-state index contributed by atoms with van der Waals surface area (Å²) in [4.78, 5) is 20.2. The molecule has 126 valence electrons. The van der Waals surface area contributed by atoms with Crippen LogP contribution in [0.3, 0.4) is 0 Å². The van der Waals surface area contributed by atoms with Crippen molar-refractivity contribution in [1.29, 1.82) is 0 Å². The summed E-state index contributed by atoms with van der Waals surface area (Å²) >= 11 is 0. The van der Waals surface area contributed by atoms with Gasteiger partial charge in [0.25, 0.3) is 0 Å². The highest BCUT2D eigenvalue weighted by atomic mass is 19.4. The first-order valence-electron chi connectivity index (χ1n) is 7.68. The highest BCUT2D eigenvalue weighted by Crippen LogP contribution is 2.41. The largest absolute Gasteiger partial charge is 0.433 e. The molecule has 0 aromatic carbocycles. The van der Waals surface area contributed by atoms with E-state index in [2.05, 4.69) is 24.8 Å². The van der Waals surface area contributed by atoms with E-state index in [4.69, 9.17) is 0 Å². The quantitative estimate of drug-likeness (QED) is 0.837. The molecule has 4 rings (SSSR count). The molecule has 2 aliphatic heterocycles. The molecule has 2 aromatic heterocycles. The van der Waals surface area contributed by atoms with Gasteiger partial charge in [-0.05, 0) is 25.0 Å². The van der Waals surface area contributed by atoms with Crippen LogP contribution < -0.4 is 9.80 Å². The summed E-state index contributed by atoms with van der Waals surface area (Å²) in [5, 5.41) is 0. The van der Waals surface area contributed by atoms with Crippen molar-refractivity contribution in [2.45, 2.75) is 24.6 Å². The number of alkyl halides is 3. The van der Waals surface area contributed by atoms with E-state index in [9.17, 15) is 13.2 Å². The number of aromatic nitrogens is 4. The molecule has 1 atom stereocenters. The molecule has 0 radical (unpaired) electrons. The zero-order chi connectivity index (χ0) is 16.8. The molecule has 6 nitrogen and oxygen atoms in total. The first kappa shape index (κ1) is 15.1. The van der Waals surface area contributed by atoms with E-state index in [0.29, 0.717) is 19.0 Å². The van der Waals surface area contributed by atoms with Gasteiger partial charge in [0.15, 0.2) is 0 Å². The predicted octanol–water partition coefficient (Wildman–Crippen LogP) is 2.14. The molecule has 1 unspecified atom stereocenters. The highest BCUT2D eigenvalue weighted by Gasteiger charge is 2.51. The standard InChI is InChI=1S/C15H15F3N6/c16-15(17,18)11-2-7-21-13(22-11)23-8-3-14(10-23)4-9-24(14)12-19-5-1-6-20-12/h1-2,5-7H,3-4,8-10H2. The fourth-order valence-electron chi connectivity index (χ4n) is 3.39. The summed E-state index contributed by atoms with van der Waals surface area (Å²) in [5.41, 5.74) is -1.05. The first-order valence-corrected chi connectivity index (χ1v) is 7.68. The number of rotatable bonds is 2. The fraction of sp³-hybridized carbons (Fsp3) is 0.467. The maximum atomic E-state index is 12.8. The molecule has 2 fully saturated rings. The summed E-state index contributed by atoms with van der Waals surface area (Å²) in [7, 11) is 0. The molecule has 9 heteroatoms. The van der Waals surface area contributed by atoms with E-state index in [-0.39, 0.29) is 11.5 Å². The highest BCUT2D eigenvalue weighted by molar-refractivity contribution is 5.46. The number of hydrogen-bond donors (Lipinski definition) is 0. The Labute approximate surface area is 136 Å². The van der Waals surface area contributed by atoms with Crippen LogP contribution in [0.2, 0.25) is 0 Å². The van der Waals surface area contributed by atoms with Crippen molar-refractivity contribution in [3.63, 3.8) is 0 Å². The second-order valence-corrected chi connectivity index (χ2v) is 6.09. The van der Waals surface area contributed by atoms with Crippen LogP contribution in [0.15, 0.2) is 30.7 Å². The Kier molecular flexibility index (Phi) is 3.33. The van der Waals surface area contributed by atoms with Crippen molar-refractivity contribution >= 4 is 11.9 Å². The third kappa shape index (κ3) is 2.44. The van der Waals surface area contributed by atoms with Gasteiger partial charge < -0.3 is 9.80 Å². The number of anilines is 2. The summed E-state index contributed by atoms with van der Waals surface area (Å²) in [5.74, 6) is 0.790. The topological polar surface area (TPSA) is 58.0 Å². The number of hydrogen-bond acceptors (Lipinski definition) is 6. The molecular formula is C15H15F3N6. The van der Waals surface area contributed by atoms with Crippen LogP contribution in [0, 0.1) is 0 Å². The number of nitrogens with zero attached hydrogens (tertiary/aromatic N) is 6. The summed E-state index contributed by atoms with van der Waals surface area (Å²) < 4.78 is 38.5. The molecule has 0 saturated carbocycles. The lowest BCUT2D eigenvalue weighted by Gasteiger charge is -2.50. The molecular weight excluding hydrogens is 321 g/mol. The van der Waals surface area contributed by atoms with Crippen molar-refractivity contribution in [2.24, 2.45) is 0 Å². The third-order valence-electron chi connectivity index (χ3n) is 4.72. The average molecular weight is 336 g/mol. The molecule has 0 bridgehead atoms. The molecule has 2 aliphatic rings. The van der Waals surface area contributed by atoms with Crippen LogP contribution in [0.25, 0.3) is 0 Å². The van der Waals surface area contributed by atoms with Gasteiger partial charge in [-0.25, -0.2) is 19.9 Å². The molecule has 2 aromatic rings. The van der Waals surface area contributed by atoms with Crippen molar-refractivity contribution in [2.75, 3.05) is 29.4 Å². The molecule has 0 amide bonds. The average Bonchev–Trinajstić information content (AvgIpc) is 3.02. The zero-order valence-electron chi connectivity index (χ0n) is 12.7. The Morgan fingerprint density at radius 3 is 2.33 bits per heavy atom. The Hall–Kier alpha value is -2.45. The molecule has 0 N–H and O–H groups in total. The van der Waals surface area contributed by atoms with Crippen LogP contribution in [0.1, 0.15) is 18.5 Å². The summed E-state index contributed by atoms with van der Waals surface area (Å²) in [6.45, 7) is 2.04. The van der Waals surface area contributed by atoms with E-state index in [1.165, 1.54) is 0 Å². The first-order chi connectivity index (χ1) is 11.5. The van der Waals surface area contributed by atoms with Gasteiger partial charge >= 0.3 is 6.18 Å². The lowest BCUT2D eigenvalue weighted by atomic mass is 9.84. The Morgan fingerprint density at radius 2 is 1.67 bits per heavy atom. The lowest BCUT2D eigenvalue weighted by molar-refractivity contribution is -0.141. The molecule has 1 spiro atoms. The second kappa shape index (κ2) is 5.29. The van der Waals surface area contributed by atoms with Crippen LogP contribution in [0.5, 0.6) is 0 Å². The van der Waals surface area contributed by atoms with Gasteiger partial charge in [-0.3, -0.25) is 0 Å². The maximum absolute atomic E-state index is 12.8. The van der Waals surface area contributed by atoms with Gasteiger partial charge in [0, 0.05) is 38.2 Å². The van der Waals surface area contributed by atoms with Gasteiger partial charge in [0.2, 0.25) is 11.9 Å². The fourth-order valence-corrected chi connectivity index (χ4v) is 3.39. The van der Waals surface area contributed by atoms with Crippen molar-refractivity contribution < 1.29 is 13.2 Å². The van der Waals surface area contributed by atoms with Crippen LogP contribution in [-0.2, 0) is 6.18 Å². The zero-order valence-corrected chi connectivity index (χ0v) is 12.7. The predicted molar refractivity (Wildman–Crippen MR) is 80.6 cm³/mol. The van der Waals surface area contributed by atoms with Gasteiger partial charge in [-0.15, -0.1) is 0 Å². The maximum Gasteiger partial charge on any atom is 0.433 e. The molecule has 24 heavy (non-hydrogen) atoms. The molecule has 0 aliphatic carbocycles. The van der Waals surface area contributed by atoms with E-state index >= 15 is 0 Å². The van der Waals surface area contributed by atoms with Crippen molar-refractivity contribution in [3.8, 4) is 0 Å². The Bertz CT molecular complexity index is 737. The van der Waals surface area contributed by atoms with Crippen LogP contribution in [-0.4, -0.2) is 45.1 Å². The minimum Gasteiger partial charge on any atom is -0.338 e. The van der Waals surface area contributed by atoms with E-state index in [1.807, 2.05) is 4.90 Å². The SMILES string of the molecule is FC(F)(F)c1ccnc(N2CCC3(CCN3c3ncccn3)C2)n1. The minimum absolute atomic E-state index is 0.127. The van der Waals surface area contributed by atoms with E-state index in [0.717, 1.165) is 31.6 Å². The van der Waals surface area contributed by atoms with Gasteiger partial charge in [-0.1, -0.05) is 0 Å². The van der Waals surface area contributed by atoms with Gasteiger partial charge in [0.1, 0.15) is 5.69 Å². The molecule has 2 saturated heterocycles. The van der Waals surface area contributed by atoms with Gasteiger partial charge in [-0.2, -0.15) is 13.2 Å². The number of halogens is 3. The van der Waals surface area contributed by atoms with E-state index in [1.54, 1.807) is 18.5 Å². The Morgan fingerprint density at radius 1 is 0.958 bits per heavy atom. The smallest absolute Gasteiger partial charge is 0.338 e. The second-order valence-electron chi connectivity index (χ2n) is 6.09. The van der Waals surface area contributed by atoms with Gasteiger partial charge in [0.05, 0.1) is 5.54 Å². The summed E-state index contributed by atoms with van der Waals surface area (Å²) in [6.07, 6.45) is 1.87. The van der Waals surface area contributed by atoms with Crippen molar-refractivity contribution in [3.05, 3.63) is 36.4 Å². The van der Waals surface area contributed by atoms with E-state index < -0.39 is 11.9 Å².